The number of aromatic nitrogens is 1. The van der Waals surface area contributed by atoms with Crippen molar-refractivity contribution in [1.82, 2.24) is 4.98 Å². The number of pyridine rings is 1. The summed E-state index contributed by atoms with van der Waals surface area (Å²) in [6, 6.07) is 21.5. The zero-order chi connectivity index (χ0) is 15.4. The third-order valence-corrected chi connectivity index (χ3v) is 3.97. The molecule has 0 radical (unpaired) electrons. The Morgan fingerprint density at radius 1 is 0.864 bits per heavy atom. The fourth-order valence-corrected chi connectivity index (χ4v) is 2.85. The topological polar surface area (TPSA) is 53.0 Å². The molecule has 1 atom stereocenters. The Bertz CT molecular complexity index is 786. The molecule has 3 nitrogen and oxygen atoms in total. The van der Waals surface area contributed by atoms with Crippen LogP contribution < -0.4 is 0 Å². The SMILES string of the molecule is O=S([O-])Cc1ccc(-c2cccnc2-c2ccccc2)cc1. The summed E-state index contributed by atoms with van der Waals surface area (Å²) in [7, 11) is 0. The average Bonchev–Trinajstić information content (AvgIpc) is 2.56. The van der Waals surface area contributed by atoms with Gasteiger partial charge in [-0.15, -0.1) is 0 Å². The minimum absolute atomic E-state index is 0.0405. The molecule has 22 heavy (non-hydrogen) atoms. The first kappa shape index (κ1) is 14.6. The summed E-state index contributed by atoms with van der Waals surface area (Å²) in [6.07, 6.45) is 1.78. The van der Waals surface area contributed by atoms with Gasteiger partial charge in [-0.1, -0.05) is 71.7 Å². The Kier molecular flexibility index (Phi) is 4.42. The molecule has 1 aromatic heterocycles. The molecule has 110 valence electrons. The Labute approximate surface area is 132 Å². The van der Waals surface area contributed by atoms with Crippen LogP contribution in [0.5, 0.6) is 0 Å². The van der Waals surface area contributed by atoms with Crippen molar-refractivity contribution >= 4 is 11.1 Å². The minimum atomic E-state index is -2.06. The summed E-state index contributed by atoms with van der Waals surface area (Å²) in [5.41, 5.74) is 4.81. The van der Waals surface area contributed by atoms with Crippen molar-refractivity contribution in [2.75, 3.05) is 0 Å². The lowest BCUT2D eigenvalue weighted by atomic mass is 9.99. The highest BCUT2D eigenvalue weighted by Crippen LogP contribution is 2.30. The molecule has 0 saturated heterocycles. The van der Waals surface area contributed by atoms with Crippen LogP contribution in [0.25, 0.3) is 22.4 Å². The lowest BCUT2D eigenvalue weighted by molar-refractivity contribution is 0.536. The lowest BCUT2D eigenvalue weighted by Gasteiger charge is -2.10. The zero-order valence-electron chi connectivity index (χ0n) is 11.8. The molecule has 1 heterocycles. The molecule has 0 amide bonds. The van der Waals surface area contributed by atoms with Crippen LogP contribution in [0.15, 0.2) is 72.9 Å². The van der Waals surface area contributed by atoms with Gasteiger partial charge in [-0.25, -0.2) is 0 Å². The highest BCUT2D eigenvalue weighted by molar-refractivity contribution is 7.78. The van der Waals surface area contributed by atoms with Gasteiger partial charge in [0.05, 0.1) is 5.69 Å². The molecule has 4 heteroatoms. The van der Waals surface area contributed by atoms with E-state index >= 15 is 0 Å². The third-order valence-electron chi connectivity index (χ3n) is 3.40. The number of nitrogens with zero attached hydrogens (tertiary/aromatic N) is 1. The summed E-state index contributed by atoms with van der Waals surface area (Å²) in [5, 5.41) is 0. The molecule has 0 saturated carbocycles. The number of hydrogen-bond donors (Lipinski definition) is 0. The van der Waals surface area contributed by atoms with E-state index in [-0.39, 0.29) is 5.75 Å². The molecule has 3 aromatic rings. The van der Waals surface area contributed by atoms with Gasteiger partial charge in [-0.3, -0.25) is 9.19 Å². The molecule has 0 bridgehead atoms. The maximum atomic E-state index is 10.8. The van der Waals surface area contributed by atoms with Crippen molar-refractivity contribution in [3.63, 3.8) is 0 Å². The Balaban J connectivity index is 2.00. The third kappa shape index (κ3) is 3.30. The van der Waals surface area contributed by atoms with Gasteiger partial charge in [0.15, 0.2) is 0 Å². The van der Waals surface area contributed by atoms with Crippen molar-refractivity contribution in [1.29, 1.82) is 0 Å². The number of benzene rings is 2. The Morgan fingerprint density at radius 3 is 2.27 bits per heavy atom. The first-order valence-corrected chi connectivity index (χ1v) is 8.14. The van der Waals surface area contributed by atoms with Crippen molar-refractivity contribution in [2.24, 2.45) is 0 Å². The molecule has 1 unspecified atom stereocenters. The first-order valence-electron chi connectivity index (χ1n) is 6.89. The number of hydrogen-bond acceptors (Lipinski definition) is 3. The molecule has 0 N–H and O–H groups in total. The van der Waals surface area contributed by atoms with E-state index in [0.717, 1.165) is 27.9 Å². The van der Waals surface area contributed by atoms with Gasteiger partial charge < -0.3 is 4.55 Å². The molecule has 0 fully saturated rings. The average molecular weight is 308 g/mol. The van der Waals surface area contributed by atoms with Crippen LogP contribution in [0, 0.1) is 0 Å². The van der Waals surface area contributed by atoms with Crippen LogP contribution >= 0.6 is 0 Å². The molecular formula is C18H14NO2S-. The smallest absolute Gasteiger partial charge is 0.0780 e. The fourth-order valence-electron chi connectivity index (χ4n) is 2.38. The van der Waals surface area contributed by atoms with Crippen LogP contribution in [0.1, 0.15) is 5.56 Å². The number of rotatable bonds is 4. The van der Waals surface area contributed by atoms with E-state index in [0.29, 0.717) is 0 Å². The summed E-state index contributed by atoms with van der Waals surface area (Å²) >= 11 is -2.06. The maximum absolute atomic E-state index is 10.8. The Morgan fingerprint density at radius 2 is 1.59 bits per heavy atom. The van der Waals surface area contributed by atoms with Crippen molar-refractivity contribution < 1.29 is 8.76 Å². The Hall–Kier alpha value is -2.30. The fraction of sp³-hybridized carbons (Fsp3) is 0.0556. The van der Waals surface area contributed by atoms with Gasteiger partial charge in [-0.05, 0) is 17.2 Å². The summed E-state index contributed by atoms with van der Waals surface area (Å²) in [6.45, 7) is 0. The van der Waals surface area contributed by atoms with Crippen LogP contribution in [-0.2, 0) is 16.8 Å². The highest BCUT2D eigenvalue weighted by Gasteiger charge is 2.08. The summed E-state index contributed by atoms with van der Waals surface area (Å²) in [4.78, 5) is 4.50. The van der Waals surface area contributed by atoms with Crippen LogP contribution in [0.2, 0.25) is 0 Å². The maximum Gasteiger partial charge on any atom is 0.0780 e. The van der Waals surface area contributed by atoms with E-state index in [2.05, 4.69) is 4.98 Å². The standard InChI is InChI=1S/C18H15NO2S/c20-22(21)13-14-8-10-15(11-9-14)17-7-4-12-19-18(17)16-5-2-1-3-6-16/h1-12H,13H2,(H,20,21)/p-1. The van der Waals surface area contributed by atoms with E-state index in [1.54, 1.807) is 6.20 Å². The van der Waals surface area contributed by atoms with Gasteiger partial charge in [0, 0.05) is 23.1 Å². The molecule has 0 aliphatic heterocycles. The summed E-state index contributed by atoms with van der Waals surface area (Å²) < 4.78 is 21.5. The second-order valence-corrected chi connectivity index (χ2v) is 5.81. The lowest BCUT2D eigenvalue weighted by Crippen LogP contribution is -1.93. The van der Waals surface area contributed by atoms with Gasteiger partial charge in [-0.2, -0.15) is 0 Å². The van der Waals surface area contributed by atoms with E-state index in [9.17, 15) is 8.76 Å². The van der Waals surface area contributed by atoms with Gasteiger partial charge in [0.25, 0.3) is 0 Å². The van der Waals surface area contributed by atoms with Gasteiger partial charge in [0.2, 0.25) is 0 Å². The second-order valence-electron chi connectivity index (χ2n) is 4.91. The predicted molar refractivity (Wildman–Crippen MR) is 87.7 cm³/mol. The van der Waals surface area contributed by atoms with Crippen LogP contribution in [0.4, 0.5) is 0 Å². The molecule has 0 aliphatic carbocycles. The van der Waals surface area contributed by atoms with Crippen molar-refractivity contribution in [2.45, 2.75) is 5.75 Å². The van der Waals surface area contributed by atoms with E-state index < -0.39 is 11.1 Å². The van der Waals surface area contributed by atoms with E-state index in [1.165, 1.54) is 0 Å². The second kappa shape index (κ2) is 6.64. The molecule has 2 aromatic carbocycles. The first-order chi connectivity index (χ1) is 10.7. The molecule has 0 aliphatic rings. The molecule has 0 spiro atoms. The van der Waals surface area contributed by atoms with Crippen molar-refractivity contribution in [3.8, 4) is 22.4 Å². The van der Waals surface area contributed by atoms with Gasteiger partial charge in [0.1, 0.15) is 0 Å². The van der Waals surface area contributed by atoms with Gasteiger partial charge >= 0.3 is 0 Å². The van der Waals surface area contributed by atoms with E-state index in [4.69, 9.17) is 0 Å². The zero-order valence-corrected chi connectivity index (χ0v) is 12.6. The monoisotopic (exact) mass is 308 g/mol. The van der Waals surface area contributed by atoms with Crippen LogP contribution in [0.3, 0.4) is 0 Å². The van der Waals surface area contributed by atoms with Crippen LogP contribution in [-0.4, -0.2) is 13.7 Å². The molecule has 3 rings (SSSR count). The minimum Gasteiger partial charge on any atom is -0.772 e. The largest absolute Gasteiger partial charge is 0.772 e. The normalized spacial score (nSPS) is 12.0. The predicted octanol–water partition coefficient (Wildman–Crippen LogP) is 3.79. The molecular weight excluding hydrogens is 294 g/mol. The quantitative estimate of drug-likeness (QED) is 0.689. The van der Waals surface area contributed by atoms with Crippen molar-refractivity contribution in [3.05, 3.63) is 78.5 Å². The summed E-state index contributed by atoms with van der Waals surface area (Å²) in [5.74, 6) is 0.0405. The van der Waals surface area contributed by atoms with E-state index in [1.807, 2.05) is 66.7 Å². The highest BCUT2D eigenvalue weighted by atomic mass is 32.2.